The normalized spacial score (nSPS) is 16.2. The van der Waals surface area contributed by atoms with Gasteiger partial charge in [0.05, 0.1) is 18.8 Å². The topological polar surface area (TPSA) is 114 Å². The van der Waals surface area contributed by atoms with Crippen LogP contribution in [0.1, 0.15) is 50.7 Å². The summed E-state index contributed by atoms with van der Waals surface area (Å²) < 4.78 is 48.7. The number of fused-ring (bicyclic) bond motifs is 1. The molecule has 0 radical (unpaired) electrons. The number of aromatic nitrogens is 2. The number of halogens is 1. The minimum absolute atomic E-state index is 0.00148. The molecule has 11 heteroatoms. The molecule has 0 fully saturated rings. The van der Waals surface area contributed by atoms with Gasteiger partial charge in [0.25, 0.3) is 10.0 Å². The molecule has 1 aliphatic rings. The molecule has 0 spiro atoms. The minimum atomic E-state index is -4.24. The number of benzene rings is 1. The van der Waals surface area contributed by atoms with Crippen molar-refractivity contribution in [3.05, 3.63) is 35.3 Å². The number of rotatable bonds is 6. The van der Waals surface area contributed by atoms with E-state index < -0.39 is 21.9 Å². The Bertz CT molecular complexity index is 1050. The van der Waals surface area contributed by atoms with E-state index in [1.807, 2.05) is 32.4 Å². The van der Waals surface area contributed by atoms with Crippen molar-refractivity contribution in [2.45, 2.75) is 57.0 Å². The SMILES string of the molecule is CN[C@H]1COc2c(S(=O)(=O)NC(=O)Nc3c(C(C)C)cc(F)cc3C(C)C)cnn2C1. The fraction of sp³-hybridized carbons (Fsp3) is 0.500. The number of likely N-dealkylation sites (N-methyl/N-ethyl adjacent to an activating group) is 1. The van der Waals surface area contributed by atoms with Crippen LogP contribution in [-0.2, 0) is 16.6 Å². The first-order valence-electron chi connectivity index (χ1n) is 10.1. The molecule has 3 N–H and O–H groups in total. The molecular formula is C20H28FN5O4S. The predicted molar refractivity (Wildman–Crippen MR) is 114 cm³/mol. The summed E-state index contributed by atoms with van der Waals surface area (Å²) in [6.07, 6.45) is 1.15. The van der Waals surface area contributed by atoms with Crippen LogP contribution in [0.2, 0.25) is 0 Å². The first-order valence-corrected chi connectivity index (χ1v) is 11.5. The monoisotopic (exact) mass is 453 g/mol. The van der Waals surface area contributed by atoms with Crippen LogP contribution >= 0.6 is 0 Å². The summed E-state index contributed by atoms with van der Waals surface area (Å²) in [4.78, 5) is 12.4. The maximum Gasteiger partial charge on any atom is 0.333 e. The highest BCUT2D eigenvalue weighted by molar-refractivity contribution is 7.90. The molecule has 1 aromatic heterocycles. The van der Waals surface area contributed by atoms with Gasteiger partial charge in [0.1, 0.15) is 12.4 Å². The molecular weight excluding hydrogens is 425 g/mol. The fourth-order valence-electron chi connectivity index (χ4n) is 3.45. The standard InChI is InChI=1S/C20H28FN5O4S/c1-11(2)15-6-13(21)7-16(12(3)4)18(15)24-20(27)25-31(28,29)17-8-23-26-9-14(22-5)10-30-19(17)26/h6-8,11-12,14,22H,9-10H2,1-5H3,(H2,24,25,27)/t14-/m1/s1. The van der Waals surface area contributed by atoms with Gasteiger partial charge >= 0.3 is 6.03 Å². The van der Waals surface area contributed by atoms with Crippen molar-refractivity contribution in [2.75, 3.05) is 19.0 Å². The number of ether oxygens (including phenoxy) is 1. The van der Waals surface area contributed by atoms with E-state index in [2.05, 4.69) is 15.7 Å². The summed E-state index contributed by atoms with van der Waals surface area (Å²) in [6.45, 7) is 8.20. The first-order chi connectivity index (χ1) is 14.5. The van der Waals surface area contributed by atoms with E-state index in [0.29, 0.717) is 23.4 Å². The zero-order chi connectivity index (χ0) is 22.9. The van der Waals surface area contributed by atoms with E-state index in [1.54, 1.807) is 7.05 Å². The van der Waals surface area contributed by atoms with Gasteiger partial charge < -0.3 is 15.4 Å². The Morgan fingerprint density at radius 1 is 1.23 bits per heavy atom. The largest absolute Gasteiger partial charge is 0.475 e. The van der Waals surface area contributed by atoms with Crippen LogP contribution in [-0.4, -0.2) is 43.9 Å². The lowest BCUT2D eigenvalue weighted by Gasteiger charge is -2.24. The molecule has 2 heterocycles. The van der Waals surface area contributed by atoms with Crippen molar-refractivity contribution >= 4 is 21.7 Å². The lowest BCUT2D eigenvalue weighted by Crippen LogP contribution is -2.40. The molecule has 0 saturated carbocycles. The number of urea groups is 1. The van der Waals surface area contributed by atoms with E-state index in [9.17, 15) is 17.6 Å². The molecule has 0 saturated heterocycles. The van der Waals surface area contributed by atoms with E-state index in [-0.39, 0.29) is 35.3 Å². The average Bonchev–Trinajstić information content (AvgIpc) is 3.12. The molecule has 1 aromatic carbocycles. The van der Waals surface area contributed by atoms with Crippen molar-refractivity contribution in [1.82, 2.24) is 19.8 Å². The molecule has 0 bridgehead atoms. The van der Waals surface area contributed by atoms with Gasteiger partial charge in [-0.3, -0.25) is 0 Å². The van der Waals surface area contributed by atoms with Gasteiger partial charge in [-0.2, -0.15) is 5.10 Å². The smallest absolute Gasteiger partial charge is 0.333 e. The Kier molecular flexibility index (Phi) is 6.56. The zero-order valence-corrected chi connectivity index (χ0v) is 19.0. The molecule has 1 aliphatic heterocycles. The van der Waals surface area contributed by atoms with Crippen molar-refractivity contribution in [3.8, 4) is 5.88 Å². The molecule has 2 amide bonds. The molecule has 0 aliphatic carbocycles. The zero-order valence-electron chi connectivity index (χ0n) is 18.2. The average molecular weight is 454 g/mol. The molecule has 0 unspecified atom stereocenters. The summed E-state index contributed by atoms with van der Waals surface area (Å²) in [7, 11) is -2.47. The van der Waals surface area contributed by atoms with Gasteiger partial charge in [0.2, 0.25) is 5.88 Å². The quantitative estimate of drug-likeness (QED) is 0.620. The summed E-state index contributed by atoms with van der Waals surface area (Å²) in [6, 6.07) is 1.75. The first kappa shape index (κ1) is 23.0. The second-order valence-corrected chi connectivity index (χ2v) is 9.77. The third-order valence-electron chi connectivity index (χ3n) is 5.15. The summed E-state index contributed by atoms with van der Waals surface area (Å²) in [5.41, 5.74) is 1.57. The van der Waals surface area contributed by atoms with Gasteiger partial charge in [-0.05, 0) is 42.1 Å². The Morgan fingerprint density at radius 3 is 2.39 bits per heavy atom. The van der Waals surface area contributed by atoms with Gasteiger partial charge in [-0.15, -0.1) is 0 Å². The molecule has 9 nitrogen and oxygen atoms in total. The lowest BCUT2D eigenvalue weighted by atomic mass is 9.92. The second kappa shape index (κ2) is 8.83. The van der Waals surface area contributed by atoms with Crippen LogP contribution in [0.15, 0.2) is 23.2 Å². The van der Waals surface area contributed by atoms with Crippen LogP contribution in [0.3, 0.4) is 0 Å². The Labute approximate surface area is 181 Å². The highest BCUT2D eigenvalue weighted by atomic mass is 32.2. The van der Waals surface area contributed by atoms with Gasteiger partial charge in [-0.25, -0.2) is 27.0 Å². The molecule has 170 valence electrons. The molecule has 3 rings (SSSR count). The van der Waals surface area contributed by atoms with Crippen molar-refractivity contribution in [2.24, 2.45) is 0 Å². The number of amides is 2. The Balaban J connectivity index is 1.86. The van der Waals surface area contributed by atoms with Gasteiger partial charge in [-0.1, -0.05) is 27.7 Å². The van der Waals surface area contributed by atoms with Crippen molar-refractivity contribution in [3.63, 3.8) is 0 Å². The van der Waals surface area contributed by atoms with Crippen LogP contribution in [0.25, 0.3) is 0 Å². The number of nitrogens with zero attached hydrogens (tertiary/aromatic N) is 2. The van der Waals surface area contributed by atoms with Crippen LogP contribution in [0, 0.1) is 5.82 Å². The maximum atomic E-state index is 14.1. The number of carbonyl (C=O) groups is 1. The van der Waals surface area contributed by atoms with Crippen LogP contribution < -0.4 is 20.1 Å². The second-order valence-electron chi connectivity index (χ2n) is 8.12. The van der Waals surface area contributed by atoms with E-state index >= 15 is 0 Å². The van der Waals surface area contributed by atoms with Gasteiger partial charge in [0, 0.05) is 5.69 Å². The van der Waals surface area contributed by atoms with Gasteiger partial charge in [0.15, 0.2) is 4.90 Å². The van der Waals surface area contributed by atoms with Crippen LogP contribution in [0.4, 0.5) is 14.9 Å². The summed E-state index contributed by atoms with van der Waals surface area (Å²) >= 11 is 0. The third kappa shape index (κ3) is 4.82. The third-order valence-corrected chi connectivity index (χ3v) is 6.46. The minimum Gasteiger partial charge on any atom is -0.475 e. The number of sulfonamides is 1. The maximum absolute atomic E-state index is 14.1. The number of hydrogen-bond donors (Lipinski definition) is 3. The predicted octanol–water partition coefficient (Wildman–Crippen LogP) is 2.76. The molecule has 31 heavy (non-hydrogen) atoms. The Morgan fingerprint density at radius 2 is 1.84 bits per heavy atom. The number of anilines is 1. The van der Waals surface area contributed by atoms with Crippen LogP contribution in [0.5, 0.6) is 5.88 Å². The summed E-state index contributed by atoms with van der Waals surface area (Å²) in [5.74, 6) is -0.499. The van der Waals surface area contributed by atoms with E-state index in [4.69, 9.17) is 4.74 Å². The molecule has 1 atom stereocenters. The summed E-state index contributed by atoms with van der Waals surface area (Å²) in [5, 5.41) is 9.71. The van der Waals surface area contributed by atoms with Crippen molar-refractivity contribution < 1.29 is 22.3 Å². The van der Waals surface area contributed by atoms with Crippen molar-refractivity contribution in [1.29, 1.82) is 0 Å². The fourth-order valence-corrected chi connectivity index (χ4v) is 4.44. The number of nitrogens with one attached hydrogen (secondary N) is 3. The highest BCUT2D eigenvalue weighted by Gasteiger charge is 2.31. The highest BCUT2D eigenvalue weighted by Crippen LogP contribution is 2.34. The number of hydrogen-bond acceptors (Lipinski definition) is 6. The molecule has 2 aromatic rings. The number of carbonyl (C=O) groups excluding carboxylic acids is 1. The van der Waals surface area contributed by atoms with E-state index in [0.717, 1.165) is 6.20 Å². The lowest BCUT2D eigenvalue weighted by molar-refractivity contribution is 0.184. The Hall–Kier alpha value is -2.66. The van der Waals surface area contributed by atoms with E-state index in [1.165, 1.54) is 16.8 Å².